The predicted molar refractivity (Wildman–Crippen MR) is 76.2 cm³/mol. The van der Waals surface area contributed by atoms with E-state index < -0.39 is 0 Å². The standard InChI is InChI=1S/C16H27N/c1-12-8-7-9-15(10-12)14(3)17-11-13(2)16(4,5)6/h7-10,13-14,17H,11H2,1-6H3. The fourth-order valence-electron chi connectivity index (χ4n) is 1.72. The third-order valence-corrected chi connectivity index (χ3v) is 3.75. The maximum atomic E-state index is 3.63. The quantitative estimate of drug-likeness (QED) is 0.816. The molecule has 2 unspecified atom stereocenters. The van der Waals surface area contributed by atoms with E-state index in [1.807, 2.05) is 0 Å². The van der Waals surface area contributed by atoms with E-state index in [1.54, 1.807) is 0 Å². The van der Waals surface area contributed by atoms with Crippen molar-refractivity contribution >= 4 is 0 Å². The summed E-state index contributed by atoms with van der Waals surface area (Å²) in [5, 5.41) is 3.63. The summed E-state index contributed by atoms with van der Waals surface area (Å²) in [6.45, 7) is 14.7. The van der Waals surface area contributed by atoms with Gasteiger partial charge in [0, 0.05) is 6.04 Å². The van der Waals surface area contributed by atoms with Gasteiger partial charge < -0.3 is 5.32 Å². The fraction of sp³-hybridized carbons (Fsp3) is 0.625. The molecule has 2 atom stereocenters. The van der Waals surface area contributed by atoms with E-state index in [0.717, 1.165) is 6.54 Å². The normalized spacial score (nSPS) is 15.6. The third-order valence-electron chi connectivity index (χ3n) is 3.75. The first-order valence-corrected chi connectivity index (χ1v) is 6.60. The van der Waals surface area contributed by atoms with Gasteiger partial charge in [0.15, 0.2) is 0 Å². The first-order valence-electron chi connectivity index (χ1n) is 6.60. The number of hydrogen-bond acceptors (Lipinski definition) is 1. The van der Waals surface area contributed by atoms with E-state index in [0.29, 0.717) is 17.4 Å². The van der Waals surface area contributed by atoms with E-state index in [4.69, 9.17) is 0 Å². The summed E-state index contributed by atoms with van der Waals surface area (Å²) in [5.74, 6) is 0.676. The lowest BCUT2D eigenvalue weighted by atomic mass is 9.82. The van der Waals surface area contributed by atoms with Gasteiger partial charge in [-0.1, -0.05) is 57.5 Å². The van der Waals surface area contributed by atoms with Crippen LogP contribution in [0.1, 0.15) is 51.8 Å². The monoisotopic (exact) mass is 233 g/mol. The number of hydrogen-bond donors (Lipinski definition) is 1. The zero-order valence-corrected chi connectivity index (χ0v) is 12.2. The molecule has 0 saturated heterocycles. The third kappa shape index (κ3) is 4.51. The second kappa shape index (κ2) is 5.68. The Bertz CT molecular complexity index is 349. The maximum absolute atomic E-state index is 3.63. The van der Waals surface area contributed by atoms with Gasteiger partial charge in [-0.05, 0) is 37.3 Å². The van der Waals surface area contributed by atoms with Crippen LogP contribution in [-0.4, -0.2) is 6.54 Å². The summed E-state index contributed by atoms with van der Waals surface area (Å²) in [7, 11) is 0. The Morgan fingerprint density at radius 1 is 1.18 bits per heavy atom. The molecule has 0 fully saturated rings. The summed E-state index contributed by atoms with van der Waals surface area (Å²) in [4.78, 5) is 0. The van der Waals surface area contributed by atoms with Crippen molar-refractivity contribution in [3.63, 3.8) is 0 Å². The van der Waals surface area contributed by atoms with Crippen LogP contribution in [0.25, 0.3) is 0 Å². The first kappa shape index (κ1) is 14.2. The van der Waals surface area contributed by atoms with Crippen LogP contribution < -0.4 is 5.32 Å². The number of nitrogens with one attached hydrogen (secondary N) is 1. The molecule has 1 heteroatoms. The zero-order valence-electron chi connectivity index (χ0n) is 12.2. The number of benzene rings is 1. The van der Waals surface area contributed by atoms with Crippen molar-refractivity contribution in [1.29, 1.82) is 0 Å². The molecule has 0 saturated carbocycles. The minimum absolute atomic E-state index is 0.374. The Hall–Kier alpha value is -0.820. The molecular formula is C16H27N. The van der Waals surface area contributed by atoms with Crippen LogP contribution in [0.4, 0.5) is 0 Å². The highest BCUT2D eigenvalue weighted by atomic mass is 14.9. The van der Waals surface area contributed by atoms with Gasteiger partial charge in [-0.2, -0.15) is 0 Å². The molecule has 1 aromatic carbocycles. The van der Waals surface area contributed by atoms with E-state index in [-0.39, 0.29) is 0 Å². The molecule has 1 N–H and O–H groups in total. The van der Waals surface area contributed by atoms with Crippen LogP contribution in [0.5, 0.6) is 0 Å². The largest absolute Gasteiger partial charge is 0.310 e. The highest BCUT2D eigenvalue weighted by Gasteiger charge is 2.20. The van der Waals surface area contributed by atoms with Crippen LogP contribution in [0.2, 0.25) is 0 Å². The van der Waals surface area contributed by atoms with E-state index in [1.165, 1.54) is 11.1 Å². The molecule has 1 nitrogen and oxygen atoms in total. The second-order valence-corrected chi connectivity index (χ2v) is 6.31. The van der Waals surface area contributed by atoms with Gasteiger partial charge in [0.05, 0.1) is 0 Å². The second-order valence-electron chi connectivity index (χ2n) is 6.31. The van der Waals surface area contributed by atoms with Gasteiger partial charge in [0.1, 0.15) is 0 Å². The van der Waals surface area contributed by atoms with E-state index >= 15 is 0 Å². The highest BCUT2D eigenvalue weighted by Crippen LogP contribution is 2.25. The van der Waals surface area contributed by atoms with Gasteiger partial charge in [-0.15, -0.1) is 0 Å². The molecule has 0 aliphatic carbocycles. The van der Waals surface area contributed by atoms with E-state index in [9.17, 15) is 0 Å². The fourth-order valence-corrected chi connectivity index (χ4v) is 1.72. The smallest absolute Gasteiger partial charge is 0.0292 e. The molecule has 0 heterocycles. The van der Waals surface area contributed by atoms with Gasteiger partial charge in [0.2, 0.25) is 0 Å². The maximum Gasteiger partial charge on any atom is 0.0292 e. The Kier molecular flexibility index (Phi) is 4.76. The van der Waals surface area contributed by atoms with Gasteiger partial charge in [0.25, 0.3) is 0 Å². The molecule has 0 radical (unpaired) electrons. The average molecular weight is 233 g/mol. The highest BCUT2D eigenvalue weighted by molar-refractivity contribution is 5.24. The lowest BCUT2D eigenvalue weighted by Crippen LogP contribution is -2.31. The van der Waals surface area contributed by atoms with Crippen LogP contribution in [0.3, 0.4) is 0 Å². The lowest BCUT2D eigenvalue weighted by molar-refractivity contribution is 0.247. The topological polar surface area (TPSA) is 12.0 Å². The molecule has 1 aromatic rings. The average Bonchev–Trinajstić information content (AvgIpc) is 2.24. The summed E-state index contributed by atoms with van der Waals surface area (Å²) in [6.07, 6.45) is 0. The Labute approximate surface area is 107 Å². The van der Waals surface area contributed by atoms with Crippen molar-refractivity contribution in [1.82, 2.24) is 5.32 Å². The van der Waals surface area contributed by atoms with Crippen molar-refractivity contribution in [2.75, 3.05) is 6.54 Å². The molecule has 0 amide bonds. The zero-order chi connectivity index (χ0) is 13.1. The summed E-state index contributed by atoms with van der Waals surface area (Å²) in [5.41, 5.74) is 3.09. The van der Waals surface area contributed by atoms with Gasteiger partial charge in [-0.3, -0.25) is 0 Å². The Morgan fingerprint density at radius 3 is 2.35 bits per heavy atom. The summed E-state index contributed by atoms with van der Waals surface area (Å²) >= 11 is 0. The molecular weight excluding hydrogens is 206 g/mol. The molecule has 0 aliphatic heterocycles. The predicted octanol–water partition coefficient (Wildman–Crippen LogP) is 4.33. The van der Waals surface area contributed by atoms with Crippen molar-refractivity contribution in [2.24, 2.45) is 11.3 Å². The number of aryl methyl sites for hydroxylation is 1. The van der Waals surface area contributed by atoms with Gasteiger partial charge in [-0.25, -0.2) is 0 Å². The summed E-state index contributed by atoms with van der Waals surface area (Å²) < 4.78 is 0. The molecule has 0 bridgehead atoms. The molecule has 0 aliphatic rings. The minimum Gasteiger partial charge on any atom is -0.310 e. The Morgan fingerprint density at radius 2 is 1.82 bits per heavy atom. The van der Waals surface area contributed by atoms with Gasteiger partial charge >= 0.3 is 0 Å². The number of rotatable bonds is 4. The van der Waals surface area contributed by atoms with Crippen molar-refractivity contribution in [3.8, 4) is 0 Å². The van der Waals surface area contributed by atoms with Crippen LogP contribution in [-0.2, 0) is 0 Å². The molecule has 0 spiro atoms. The van der Waals surface area contributed by atoms with E-state index in [2.05, 4.69) is 71.1 Å². The SMILES string of the molecule is Cc1cccc(C(C)NCC(C)C(C)(C)C)c1. The van der Waals surface area contributed by atoms with Crippen LogP contribution in [0, 0.1) is 18.3 Å². The Balaban J connectivity index is 2.53. The molecule has 0 aromatic heterocycles. The van der Waals surface area contributed by atoms with Crippen molar-refractivity contribution in [3.05, 3.63) is 35.4 Å². The van der Waals surface area contributed by atoms with Crippen LogP contribution in [0.15, 0.2) is 24.3 Å². The first-order chi connectivity index (χ1) is 7.80. The lowest BCUT2D eigenvalue weighted by Gasteiger charge is -2.29. The molecule has 96 valence electrons. The summed E-state index contributed by atoms with van der Waals surface area (Å²) in [6, 6.07) is 9.18. The molecule has 17 heavy (non-hydrogen) atoms. The van der Waals surface area contributed by atoms with Crippen molar-refractivity contribution in [2.45, 2.75) is 47.6 Å². The minimum atomic E-state index is 0.374. The van der Waals surface area contributed by atoms with Crippen molar-refractivity contribution < 1.29 is 0 Å². The molecule has 1 rings (SSSR count). The van der Waals surface area contributed by atoms with Crippen LogP contribution >= 0.6 is 0 Å².